The second-order valence-corrected chi connectivity index (χ2v) is 3.16. The Hall–Kier alpha value is -1.49. The van der Waals surface area contributed by atoms with Gasteiger partial charge in [-0.1, -0.05) is 11.6 Å². The third kappa shape index (κ3) is 2.73. The first kappa shape index (κ1) is 11.6. The van der Waals surface area contributed by atoms with Crippen molar-refractivity contribution in [3.8, 4) is 0 Å². The van der Waals surface area contributed by atoms with E-state index in [1.807, 2.05) is 0 Å². The number of carbonyl (C=O) groups is 2. The molecule has 0 saturated carbocycles. The smallest absolute Gasteiger partial charge is 0.354 e. The molecule has 5 nitrogen and oxygen atoms in total. The summed E-state index contributed by atoms with van der Waals surface area (Å²) in [5.74, 6) is -1.67. The molecule has 6 heteroatoms. The van der Waals surface area contributed by atoms with E-state index in [9.17, 15) is 9.59 Å². The summed E-state index contributed by atoms with van der Waals surface area (Å²) in [6.07, 6.45) is 1.43. The number of carbonyl (C=O) groups excluding carboxylic acids is 1. The van der Waals surface area contributed by atoms with E-state index in [1.54, 1.807) is 6.92 Å². The second kappa shape index (κ2) is 4.84. The molecule has 82 valence electrons. The van der Waals surface area contributed by atoms with Crippen molar-refractivity contribution in [1.82, 2.24) is 4.57 Å². The lowest BCUT2D eigenvalue weighted by molar-refractivity contribution is -0.143. The first-order valence-corrected chi connectivity index (χ1v) is 4.67. The number of hydrogen-bond donors (Lipinski definition) is 1. The molecule has 0 atom stereocenters. The van der Waals surface area contributed by atoms with Crippen molar-refractivity contribution in [2.24, 2.45) is 0 Å². The summed E-state index contributed by atoms with van der Waals surface area (Å²) in [4.78, 5) is 21.9. The first-order valence-electron chi connectivity index (χ1n) is 4.29. The maximum atomic E-state index is 11.1. The van der Waals surface area contributed by atoms with Gasteiger partial charge in [0.2, 0.25) is 0 Å². The monoisotopic (exact) mass is 231 g/mol. The van der Waals surface area contributed by atoms with Gasteiger partial charge in [0.05, 0.1) is 11.6 Å². The van der Waals surface area contributed by atoms with Crippen LogP contribution in [0.4, 0.5) is 0 Å². The van der Waals surface area contributed by atoms with Gasteiger partial charge in [-0.05, 0) is 13.0 Å². The van der Waals surface area contributed by atoms with Crippen LogP contribution in [0, 0.1) is 0 Å². The number of aromatic nitrogens is 1. The van der Waals surface area contributed by atoms with Crippen LogP contribution in [0.3, 0.4) is 0 Å². The van der Waals surface area contributed by atoms with Gasteiger partial charge < -0.3 is 14.4 Å². The van der Waals surface area contributed by atoms with Gasteiger partial charge in [0.1, 0.15) is 12.2 Å². The highest BCUT2D eigenvalue weighted by atomic mass is 35.5. The molecule has 0 saturated heterocycles. The molecule has 0 aromatic carbocycles. The Labute approximate surface area is 91.2 Å². The lowest BCUT2D eigenvalue weighted by Gasteiger charge is -2.05. The quantitative estimate of drug-likeness (QED) is 0.796. The molecule has 1 rings (SSSR count). The summed E-state index contributed by atoms with van der Waals surface area (Å²) in [6.45, 7) is 1.79. The minimum Gasteiger partial charge on any atom is -0.477 e. The van der Waals surface area contributed by atoms with Gasteiger partial charge in [0.15, 0.2) is 0 Å². The van der Waals surface area contributed by atoms with Crippen LogP contribution in [0.2, 0.25) is 5.02 Å². The first-order chi connectivity index (χ1) is 7.06. The van der Waals surface area contributed by atoms with Gasteiger partial charge in [0.25, 0.3) is 0 Å². The van der Waals surface area contributed by atoms with E-state index in [0.717, 1.165) is 0 Å². The van der Waals surface area contributed by atoms with Crippen LogP contribution in [-0.2, 0) is 16.1 Å². The van der Waals surface area contributed by atoms with Gasteiger partial charge in [-0.3, -0.25) is 4.79 Å². The van der Waals surface area contributed by atoms with E-state index in [4.69, 9.17) is 21.4 Å². The number of aromatic carboxylic acids is 1. The molecule has 0 amide bonds. The summed E-state index contributed by atoms with van der Waals surface area (Å²) in [5, 5.41) is 8.92. The zero-order valence-electron chi connectivity index (χ0n) is 8.07. The summed E-state index contributed by atoms with van der Waals surface area (Å²) in [5.41, 5.74) is -0.107. The standard InChI is InChI=1S/C9H10ClNO4/c1-2-15-7(12)5-11-4-3-6(10)8(11)9(13)14/h3-4H,2,5H2,1H3,(H,13,14). The number of esters is 1. The van der Waals surface area contributed by atoms with E-state index in [-0.39, 0.29) is 23.9 Å². The number of carboxylic acid groups (broad SMARTS) is 1. The molecule has 0 bridgehead atoms. The third-order valence-corrected chi connectivity index (χ3v) is 2.03. The van der Waals surface area contributed by atoms with Gasteiger partial charge in [-0.2, -0.15) is 0 Å². The summed E-state index contributed by atoms with van der Waals surface area (Å²) in [6, 6.07) is 1.42. The van der Waals surface area contributed by atoms with Crippen LogP contribution in [0.15, 0.2) is 12.3 Å². The number of halogens is 1. The molecule has 1 heterocycles. The zero-order valence-corrected chi connectivity index (χ0v) is 8.82. The summed E-state index contributed by atoms with van der Waals surface area (Å²) in [7, 11) is 0. The van der Waals surface area contributed by atoms with Gasteiger partial charge in [-0.15, -0.1) is 0 Å². The van der Waals surface area contributed by atoms with Crippen LogP contribution in [0.1, 0.15) is 17.4 Å². The van der Waals surface area contributed by atoms with E-state index >= 15 is 0 Å². The molecule has 0 unspecified atom stereocenters. The SMILES string of the molecule is CCOC(=O)Cn1ccc(Cl)c1C(=O)O. The van der Waals surface area contributed by atoms with Crippen LogP contribution in [-0.4, -0.2) is 28.2 Å². The Kier molecular flexibility index (Phi) is 3.74. The van der Waals surface area contributed by atoms with Crippen LogP contribution in [0.25, 0.3) is 0 Å². The van der Waals surface area contributed by atoms with E-state index in [0.29, 0.717) is 0 Å². The Morgan fingerprint density at radius 1 is 1.60 bits per heavy atom. The highest BCUT2D eigenvalue weighted by Gasteiger charge is 2.16. The van der Waals surface area contributed by atoms with Gasteiger partial charge in [0, 0.05) is 6.20 Å². The average molecular weight is 232 g/mol. The maximum absolute atomic E-state index is 11.1. The number of hydrogen-bond acceptors (Lipinski definition) is 3. The van der Waals surface area contributed by atoms with Gasteiger partial charge in [-0.25, -0.2) is 4.79 Å². The van der Waals surface area contributed by atoms with Crippen LogP contribution >= 0.6 is 11.6 Å². The summed E-state index contributed by atoms with van der Waals surface area (Å²) >= 11 is 5.65. The number of carboxylic acids is 1. The molecule has 0 spiro atoms. The molecule has 1 aromatic rings. The van der Waals surface area contributed by atoms with E-state index in [1.165, 1.54) is 16.8 Å². The Balaban J connectivity index is 2.86. The zero-order chi connectivity index (χ0) is 11.4. The highest BCUT2D eigenvalue weighted by molar-refractivity contribution is 6.33. The molecule has 0 aliphatic heterocycles. The minimum atomic E-state index is -1.17. The normalized spacial score (nSPS) is 10.0. The Morgan fingerprint density at radius 3 is 2.80 bits per heavy atom. The fraction of sp³-hybridized carbons (Fsp3) is 0.333. The average Bonchev–Trinajstić information content (AvgIpc) is 2.47. The number of nitrogens with zero attached hydrogens (tertiary/aromatic N) is 1. The predicted octanol–water partition coefficient (Wildman–Crippen LogP) is 1.40. The molecule has 1 aromatic heterocycles. The lowest BCUT2D eigenvalue weighted by atomic mass is 10.4. The van der Waals surface area contributed by atoms with E-state index in [2.05, 4.69) is 0 Å². The highest BCUT2D eigenvalue weighted by Crippen LogP contribution is 2.17. The van der Waals surface area contributed by atoms with Crippen molar-refractivity contribution in [2.75, 3.05) is 6.61 Å². The second-order valence-electron chi connectivity index (χ2n) is 2.75. The molecule has 0 aliphatic carbocycles. The summed E-state index contributed by atoms with van der Waals surface area (Å²) < 4.78 is 5.93. The van der Waals surface area contributed by atoms with Crippen molar-refractivity contribution in [1.29, 1.82) is 0 Å². The molecular weight excluding hydrogens is 222 g/mol. The van der Waals surface area contributed by atoms with Crippen LogP contribution in [0.5, 0.6) is 0 Å². The fourth-order valence-corrected chi connectivity index (χ4v) is 1.39. The molecule has 15 heavy (non-hydrogen) atoms. The number of ether oxygens (including phenoxy) is 1. The van der Waals surface area contributed by atoms with Crippen molar-refractivity contribution in [3.63, 3.8) is 0 Å². The van der Waals surface area contributed by atoms with Crippen molar-refractivity contribution in [3.05, 3.63) is 23.0 Å². The topological polar surface area (TPSA) is 68.5 Å². The Bertz CT molecular complexity index is 385. The van der Waals surface area contributed by atoms with Crippen LogP contribution < -0.4 is 0 Å². The predicted molar refractivity (Wildman–Crippen MR) is 53.0 cm³/mol. The van der Waals surface area contributed by atoms with Gasteiger partial charge >= 0.3 is 11.9 Å². The molecule has 0 radical (unpaired) electrons. The van der Waals surface area contributed by atoms with Crippen molar-refractivity contribution >= 4 is 23.5 Å². The van der Waals surface area contributed by atoms with Crippen molar-refractivity contribution in [2.45, 2.75) is 13.5 Å². The molecular formula is C9H10ClNO4. The largest absolute Gasteiger partial charge is 0.477 e. The lowest BCUT2D eigenvalue weighted by Crippen LogP contribution is -2.16. The number of rotatable bonds is 4. The third-order valence-electron chi connectivity index (χ3n) is 1.72. The minimum absolute atomic E-state index is 0.104. The molecule has 0 aliphatic rings. The maximum Gasteiger partial charge on any atom is 0.354 e. The fourth-order valence-electron chi connectivity index (χ4n) is 1.15. The van der Waals surface area contributed by atoms with Crippen molar-refractivity contribution < 1.29 is 19.4 Å². The Morgan fingerprint density at radius 2 is 2.27 bits per heavy atom. The van der Waals surface area contributed by atoms with E-state index < -0.39 is 11.9 Å². The molecule has 0 fully saturated rings. The molecule has 1 N–H and O–H groups in total.